The fourth-order valence-corrected chi connectivity index (χ4v) is 1.40. The molecule has 0 radical (unpaired) electrons. The number of hydrogen-bond acceptors (Lipinski definition) is 4. The number of hydrogen-bond donors (Lipinski definition) is 2. The first-order valence-electron chi connectivity index (χ1n) is 5.43. The SMILES string of the molecule is CCNCCCNc1ccccc1[N+](=O)[O-]. The average molecular weight is 223 g/mol. The van der Waals surface area contributed by atoms with Crippen LogP contribution in [0.4, 0.5) is 11.4 Å². The lowest BCUT2D eigenvalue weighted by Gasteiger charge is -2.06. The molecule has 0 amide bonds. The van der Waals surface area contributed by atoms with Gasteiger partial charge in [-0.05, 0) is 25.6 Å². The zero-order chi connectivity index (χ0) is 11.8. The Hall–Kier alpha value is -1.62. The van der Waals surface area contributed by atoms with Gasteiger partial charge in [0.15, 0.2) is 0 Å². The smallest absolute Gasteiger partial charge is 0.292 e. The van der Waals surface area contributed by atoms with E-state index < -0.39 is 0 Å². The van der Waals surface area contributed by atoms with Crippen LogP contribution in [0.15, 0.2) is 24.3 Å². The molecule has 0 aliphatic carbocycles. The Bertz CT molecular complexity index is 342. The van der Waals surface area contributed by atoms with Gasteiger partial charge in [-0.1, -0.05) is 19.1 Å². The number of nitrogens with one attached hydrogen (secondary N) is 2. The second-order valence-electron chi connectivity index (χ2n) is 3.41. The molecule has 2 N–H and O–H groups in total. The molecule has 0 bridgehead atoms. The lowest BCUT2D eigenvalue weighted by molar-refractivity contribution is -0.384. The van der Waals surface area contributed by atoms with Crippen LogP contribution in [0.25, 0.3) is 0 Å². The standard InChI is InChI=1S/C11H17N3O2/c1-2-12-8-5-9-13-10-6-3-4-7-11(10)14(15)16/h3-4,6-7,12-13H,2,5,8-9H2,1H3. The summed E-state index contributed by atoms with van der Waals surface area (Å²) in [5.74, 6) is 0. The molecular formula is C11H17N3O2. The first kappa shape index (κ1) is 12.4. The number of para-hydroxylation sites is 2. The van der Waals surface area contributed by atoms with E-state index in [4.69, 9.17) is 0 Å². The van der Waals surface area contributed by atoms with Gasteiger partial charge < -0.3 is 10.6 Å². The topological polar surface area (TPSA) is 67.2 Å². The molecule has 0 saturated carbocycles. The Morgan fingerprint density at radius 1 is 1.31 bits per heavy atom. The molecule has 0 saturated heterocycles. The van der Waals surface area contributed by atoms with Crippen molar-refractivity contribution in [3.05, 3.63) is 34.4 Å². The summed E-state index contributed by atoms with van der Waals surface area (Å²) in [5.41, 5.74) is 0.718. The second kappa shape index (κ2) is 6.79. The van der Waals surface area contributed by atoms with E-state index >= 15 is 0 Å². The van der Waals surface area contributed by atoms with Gasteiger partial charge in [-0.3, -0.25) is 10.1 Å². The highest BCUT2D eigenvalue weighted by molar-refractivity contribution is 5.60. The predicted molar refractivity (Wildman–Crippen MR) is 64.7 cm³/mol. The molecule has 5 nitrogen and oxygen atoms in total. The van der Waals surface area contributed by atoms with Crippen LogP contribution in [-0.2, 0) is 0 Å². The van der Waals surface area contributed by atoms with Crippen LogP contribution in [0.5, 0.6) is 0 Å². The van der Waals surface area contributed by atoms with Crippen LogP contribution in [0.3, 0.4) is 0 Å². The molecule has 16 heavy (non-hydrogen) atoms. The molecule has 1 rings (SSSR count). The molecular weight excluding hydrogens is 206 g/mol. The predicted octanol–water partition coefficient (Wildman–Crippen LogP) is 2.01. The number of benzene rings is 1. The molecule has 0 heterocycles. The molecule has 1 aromatic rings. The zero-order valence-electron chi connectivity index (χ0n) is 9.40. The fourth-order valence-electron chi connectivity index (χ4n) is 1.40. The lowest BCUT2D eigenvalue weighted by Crippen LogP contribution is -2.17. The molecule has 0 aliphatic heterocycles. The number of nitro benzene ring substituents is 1. The van der Waals surface area contributed by atoms with Gasteiger partial charge in [0.25, 0.3) is 5.69 Å². The largest absolute Gasteiger partial charge is 0.379 e. The Labute approximate surface area is 95.0 Å². The fraction of sp³-hybridized carbons (Fsp3) is 0.455. The first-order chi connectivity index (χ1) is 7.75. The van der Waals surface area contributed by atoms with Crippen LogP contribution in [0.1, 0.15) is 13.3 Å². The minimum absolute atomic E-state index is 0.131. The van der Waals surface area contributed by atoms with Gasteiger partial charge in [-0.25, -0.2) is 0 Å². The van der Waals surface area contributed by atoms with E-state index in [2.05, 4.69) is 17.6 Å². The number of anilines is 1. The van der Waals surface area contributed by atoms with Crippen molar-refractivity contribution in [2.75, 3.05) is 25.0 Å². The van der Waals surface area contributed by atoms with E-state index in [1.165, 1.54) is 6.07 Å². The molecule has 0 atom stereocenters. The van der Waals surface area contributed by atoms with Gasteiger partial charge in [0.1, 0.15) is 5.69 Å². The molecule has 0 spiro atoms. The molecule has 0 unspecified atom stereocenters. The van der Waals surface area contributed by atoms with Crippen LogP contribution >= 0.6 is 0 Å². The minimum Gasteiger partial charge on any atom is -0.379 e. The summed E-state index contributed by atoms with van der Waals surface area (Å²) < 4.78 is 0. The van der Waals surface area contributed by atoms with Crippen molar-refractivity contribution in [3.63, 3.8) is 0 Å². The summed E-state index contributed by atoms with van der Waals surface area (Å²) in [7, 11) is 0. The second-order valence-corrected chi connectivity index (χ2v) is 3.41. The minimum atomic E-state index is -0.368. The van der Waals surface area contributed by atoms with Crippen LogP contribution in [-0.4, -0.2) is 24.6 Å². The Balaban J connectivity index is 2.44. The van der Waals surface area contributed by atoms with Crippen molar-refractivity contribution >= 4 is 11.4 Å². The highest BCUT2D eigenvalue weighted by Crippen LogP contribution is 2.22. The average Bonchev–Trinajstić information content (AvgIpc) is 2.29. The number of rotatable bonds is 7. The maximum Gasteiger partial charge on any atom is 0.292 e. The van der Waals surface area contributed by atoms with Gasteiger partial charge in [0.05, 0.1) is 4.92 Å². The molecule has 5 heteroatoms. The van der Waals surface area contributed by atoms with Gasteiger partial charge in [0, 0.05) is 12.6 Å². The number of nitro groups is 1. The maximum absolute atomic E-state index is 10.7. The molecule has 0 fully saturated rings. The van der Waals surface area contributed by atoms with Crippen molar-refractivity contribution in [2.45, 2.75) is 13.3 Å². The summed E-state index contributed by atoms with van der Waals surface area (Å²) in [6, 6.07) is 6.69. The number of nitrogens with zero attached hydrogens (tertiary/aromatic N) is 1. The van der Waals surface area contributed by atoms with E-state index in [1.54, 1.807) is 18.2 Å². The third-order valence-electron chi connectivity index (χ3n) is 2.20. The summed E-state index contributed by atoms with van der Waals surface area (Å²) >= 11 is 0. The van der Waals surface area contributed by atoms with E-state index in [-0.39, 0.29) is 10.6 Å². The summed E-state index contributed by atoms with van der Waals surface area (Å²) in [6.45, 7) is 4.66. The van der Waals surface area contributed by atoms with Crippen molar-refractivity contribution in [2.24, 2.45) is 0 Å². The quantitative estimate of drug-likeness (QED) is 0.421. The van der Waals surface area contributed by atoms with Crippen molar-refractivity contribution in [3.8, 4) is 0 Å². The van der Waals surface area contributed by atoms with E-state index in [1.807, 2.05) is 0 Å². The van der Waals surface area contributed by atoms with Gasteiger partial charge in [-0.2, -0.15) is 0 Å². The first-order valence-corrected chi connectivity index (χ1v) is 5.43. The van der Waals surface area contributed by atoms with Crippen molar-refractivity contribution in [1.82, 2.24) is 5.32 Å². The highest BCUT2D eigenvalue weighted by Gasteiger charge is 2.10. The van der Waals surface area contributed by atoms with Gasteiger partial charge in [-0.15, -0.1) is 0 Å². The van der Waals surface area contributed by atoms with Gasteiger partial charge in [0.2, 0.25) is 0 Å². The monoisotopic (exact) mass is 223 g/mol. The Morgan fingerprint density at radius 3 is 2.75 bits per heavy atom. The van der Waals surface area contributed by atoms with E-state index in [0.29, 0.717) is 5.69 Å². The molecule has 0 aliphatic rings. The highest BCUT2D eigenvalue weighted by atomic mass is 16.6. The third-order valence-corrected chi connectivity index (χ3v) is 2.20. The van der Waals surface area contributed by atoms with Crippen molar-refractivity contribution in [1.29, 1.82) is 0 Å². The Kier molecular flexibility index (Phi) is 5.28. The summed E-state index contributed by atoms with van der Waals surface area (Å²) in [4.78, 5) is 10.3. The van der Waals surface area contributed by atoms with E-state index in [0.717, 1.165) is 26.1 Å². The maximum atomic E-state index is 10.7. The van der Waals surface area contributed by atoms with Crippen molar-refractivity contribution < 1.29 is 4.92 Å². The van der Waals surface area contributed by atoms with Crippen LogP contribution in [0, 0.1) is 10.1 Å². The van der Waals surface area contributed by atoms with Crippen LogP contribution in [0.2, 0.25) is 0 Å². The zero-order valence-corrected chi connectivity index (χ0v) is 9.40. The Morgan fingerprint density at radius 2 is 2.06 bits per heavy atom. The lowest BCUT2D eigenvalue weighted by atomic mass is 10.2. The normalized spacial score (nSPS) is 10.1. The van der Waals surface area contributed by atoms with Gasteiger partial charge >= 0.3 is 0 Å². The molecule has 0 aromatic heterocycles. The molecule has 1 aromatic carbocycles. The third kappa shape index (κ3) is 3.86. The van der Waals surface area contributed by atoms with Crippen LogP contribution < -0.4 is 10.6 Å². The summed E-state index contributed by atoms with van der Waals surface area (Å²) in [5, 5.41) is 17.0. The molecule has 88 valence electrons. The summed E-state index contributed by atoms with van der Waals surface area (Å²) in [6.07, 6.45) is 0.944. The van der Waals surface area contributed by atoms with E-state index in [9.17, 15) is 10.1 Å².